The Kier molecular flexibility index (Phi) is 5.77. The fourth-order valence-corrected chi connectivity index (χ4v) is 3.00. The maximum Gasteiger partial charge on any atom is 0.262 e. The number of carbonyl (C=O) groups excluding carboxylic acids is 1. The molecule has 0 spiro atoms. The molecule has 0 bridgehead atoms. The Morgan fingerprint density at radius 1 is 1.03 bits per heavy atom. The highest BCUT2D eigenvalue weighted by atomic mass is 35.5. The molecule has 4 aromatic rings. The number of aryl methyl sites for hydroxylation is 1. The number of anilines is 1. The number of aromatic nitrogens is 2. The number of benzene rings is 3. The van der Waals surface area contributed by atoms with E-state index >= 15 is 0 Å². The number of nitrogens with zero attached hydrogens (tertiary/aromatic N) is 2. The van der Waals surface area contributed by atoms with Crippen LogP contribution in [0, 0.1) is 6.92 Å². The summed E-state index contributed by atoms with van der Waals surface area (Å²) < 4.78 is 11.0. The van der Waals surface area contributed by atoms with E-state index in [9.17, 15) is 4.79 Å². The van der Waals surface area contributed by atoms with E-state index < -0.39 is 0 Å². The van der Waals surface area contributed by atoms with E-state index in [0.717, 1.165) is 11.1 Å². The summed E-state index contributed by atoms with van der Waals surface area (Å²) in [6.45, 7) is 1.81. The molecule has 7 heteroatoms. The fraction of sp³-hybridized carbons (Fsp3) is 0.0870. The third-order valence-corrected chi connectivity index (χ3v) is 4.66. The van der Waals surface area contributed by atoms with Crippen molar-refractivity contribution in [2.24, 2.45) is 0 Å². The van der Waals surface area contributed by atoms with Crippen LogP contribution >= 0.6 is 11.6 Å². The van der Waals surface area contributed by atoms with E-state index in [1.165, 1.54) is 0 Å². The van der Waals surface area contributed by atoms with Crippen molar-refractivity contribution in [3.63, 3.8) is 0 Å². The van der Waals surface area contributed by atoms with Gasteiger partial charge in [0, 0.05) is 10.6 Å². The molecular formula is C23H18ClN3O3. The maximum atomic E-state index is 12.4. The Labute approximate surface area is 178 Å². The Hall–Kier alpha value is -3.64. The zero-order chi connectivity index (χ0) is 20.9. The van der Waals surface area contributed by atoms with Gasteiger partial charge in [-0.25, -0.2) is 0 Å². The van der Waals surface area contributed by atoms with Crippen LogP contribution in [0.4, 0.5) is 5.69 Å². The minimum Gasteiger partial charge on any atom is -0.483 e. The molecule has 0 aliphatic rings. The summed E-state index contributed by atoms with van der Waals surface area (Å²) in [5.74, 6) is 1.12. The predicted octanol–water partition coefficient (Wildman–Crippen LogP) is 5.38. The van der Waals surface area contributed by atoms with Crippen LogP contribution in [-0.2, 0) is 4.79 Å². The van der Waals surface area contributed by atoms with Gasteiger partial charge in [0.25, 0.3) is 11.8 Å². The third-order valence-electron chi connectivity index (χ3n) is 4.41. The number of hydrogen-bond donors (Lipinski definition) is 1. The van der Waals surface area contributed by atoms with Gasteiger partial charge < -0.3 is 14.6 Å². The average molecular weight is 420 g/mol. The lowest BCUT2D eigenvalue weighted by Crippen LogP contribution is -2.20. The fourth-order valence-electron chi connectivity index (χ4n) is 2.88. The van der Waals surface area contributed by atoms with Crippen molar-refractivity contribution in [3.8, 4) is 28.6 Å². The first-order chi connectivity index (χ1) is 14.6. The van der Waals surface area contributed by atoms with Crippen molar-refractivity contribution < 1.29 is 14.1 Å². The molecule has 1 N–H and O–H groups in total. The maximum absolute atomic E-state index is 12.4. The summed E-state index contributed by atoms with van der Waals surface area (Å²) in [4.78, 5) is 16.9. The van der Waals surface area contributed by atoms with E-state index in [4.69, 9.17) is 20.9 Å². The Balaban J connectivity index is 1.49. The molecule has 0 radical (unpaired) electrons. The molecule has 1 amide bonds. The number of nitrogens with one attached hydrogen (secondary N) is 1. The first-order valence-corrected chi connectivity index (χ1v) is 9.65. The zero-order valence-corrected chi connectivity index (χ0v) is 16.9. The van der Waals surface area contributed by atoms with Crippen LogP contribution in [0.1, 0.15) is 5.56 Å². The molecule has 1 heterocycles. The lowest BCUT2D eigenvalue weighted by Gasteiger charge is -2.11. The summed E-state index contributed by atoms with van der Waals surface area (Å²) >= 11 is 5.93. The predicted molar refractivity (Wildman–Crippen MR) is 115 cm³/mol. The van der Waals surface area contributed by atoms with Gasteiger partial charge in [-0.2, -0.15) is 4.98 Å². The highest BCUT2D eigenvalue weighted by Crippen LogP contribution is 2.29. The lowest BCUT2D eigenvalue weighted by atomic mass is 10.1. The van der Waals surface area contributed by atoms with Gasteiger partial charge in [-0.1, -0.05) is 47.1 Å². The first kappa shape index (κ1) is 19.7. The van der Waals surface area contributed by atoms with Crippen molar-refractivity contribution in [2.45, 2.75) is 6.92 Å². The summed E-state index contributed by atoms with van der Waals surface area (Å²) in [6.07, 6.45) is 0. The standard InChI is InChI=1S/C23H18ClN3O3/c1-15-6-2-5-9-20(15)29-14-21(28)25-19-8-4-3-7-18(19)23-26-22(27-30-23)16-10-12-17(24)13-11-16/h2-13H,14H2,1H3,(H,25,28). The van der Waals surface area contributed by atoms with E-state index in [-0.39, 0.29) is 12.5 Å². The van der Waals surface area contributed by atoms with Crippen molar-refractivity contribution in [2.75, 3.05) is 11.9 Å². The molecule has 4 rings (SSSR count). The molecule has 6 nitrogen and oxygen atoms in total. The van der Waals surface area contributed by atoms with Crippen LogP contribution in [0.15, 0.2) is 77.3 Å². The van der Waals surface area contributed by atoms with Crippen molar-refractivity contribution in [1.82, 2.24) is 10.1 Å². The Morgan fingerprint density at radius 3 is 2.57 bits per heavy atom. The quantitative estimate of drug-likeness (QED) is 0.453. The van der Waals surface area contributed by atoms with Gasteiger partial charge in [0.1, 0.15) is 5.75 Å². The second kappa shape index (κ2) is 8.80. The number of carbonyl (C=O) groups is 1. The van der Waals surface area contributed by atoms with Crippen LogP contribution in [0.5, 0.6) is 5.75 Å². The van der Waals surface area contributed by atoms with Crippen LogP contribution in [0.3, 0.4) is 0 Å². The Bertz CT molecular complexity index is 1170. The number of halogens is 1. The number of rotatable bonds is 6. The van der Waals surface area contributed by atoms with Gasteiger partial charge in [0.15, 0.2) is 6.61 Å². The van der Waals surface area contributed by atoms with E-state index in [1.807, 2.05) is 55.5 Å². The molecule has 150 valence electrons. The van der Waals surface area contributed by atoms with Gasteiger partial charge in [-0.3, -0.25) is 4.79 Å². The second-order valence-electron chi connectivity index (χ2n) is 6.58. The second-order valence-corrected chi connectivity index (χ2v) is 7.01. The molecule has 30 heavy (non-hydrogen) atoms. The molecule has 3 aromatic carbocycles. The average Bonchev–Trinajstić information content (AvgIpc) is 3.24. The molecular weight excluding hydrogens is 402 g/mol. The van der Waals surface area contributed by atoms with E-state index in [0.29, 0.717) is 33.7 Å². The molecule has 0 saturated carbocycles. The largest absolute Gasteiger partial charge is 0.483 e. The van der Waals surface area contributed by atoms with Gasteiger partial charge >= 0.3 is 0 Å². The normalized spacial score (nSPS) is 10.6. The minimum atomic E-state index is -0.289. The first-order valence-electron chi connectivity index (χ1n) is 9.27. The highest BCUT2D eigenvalue weighted by molar-refractivity contribution is 6.30. The molecule has 0 fully saturated rings. The third kappa shape index (κ3) is 4.50. The van der Waals surface area contributed by atoms with Crippen molar-refractivity contribution >= 4 is 23.2 Å². The van der Waals surface area contributed by atoms with Crippen molar-refractivity contribution in [3.05, 3.63) is 83.4 Å². The van der Waals surface area contributed by atoms with Crippen LogP contribution < -0.4 is 10.1 Å². The zero-order valence-electron chi connectivity index (χ0n) is 16.1. The SMILES string of the molecule is Cc1ccccc1OCC(=O)Nc1ccccc1-c1nc(-c2ccc(Cl)cc2)no1. The number of para-hydroxylation sites is 2. The highest BCUT2D eigenvalue weighted by Gasteiger charge is 2.16. The molecule has 1 aromatic heterocycles. The van der Waals surface area contributed by atoms with Crippen LogP contribution in [0.25, 0.3) is 22.8 Å². The molecule has 0 aliphatic heterocycles. The van der Waals surface area contributed by atoms with Gasteiger partial charge in [0.2, 0.25) is 5.82 Å². The monoisotopic (exact) mass is 419 g/mol. The number of amides is 1. The molecule has 0 unspecified atom stereocenters. The van der Waals surface area contributed by atoms with Crippen molar-refractivity contribution in [1.29, 1.82) is 0 Å². The van der Waals surface area contributed by atoms with E-state index in [2.05, 4.69) is 15.5 Å². The van der Waals surface area contributed by atoms with Crippen LogP contribution in [0.2, 0.25) is 5.02 Å². The summed E-state index contributed by atoms with van der Waals surface area (Å²) in [7, 11) is 0. The summed E-state index contributed by atoms with van der Waals surface area (Å²) in [5.41, 5.74) is 2.92. The van der Waals surface area contributed by atoms with Gasteiger partial charge in [-0.05, 0) is 55.0 Å². The van der Waals surface area contributed by atoms with E-state index in [1.54, 1.807) is 24.3 Å². The van der Waals surface area contributed by atoms with Gasteiger partial charge in [-0.15, -0.1) is 0 Å². The summed E-state index contributed by atoms with van der Waals surface area (Å²) in [5, 5.41) is 7.51. The number of ether oxygens (including phenoxy) is 1. The van der Waals surface area contributed by atoms with Gasteiger partial charge in [0.05, 0.1) is 11.3 Å². The molecule has 0 atom stereocenters. The minimum absolute atomic E-state index is 0.112. The summed E-state index contributed by atoms with van der Waals surface area (Å²) in [6, 6.07) is 21.9. The lowest BCUT2D eigenvalue weighted by molar-refractivity contribution is -0.118. The number of hydrogen-bond acceptors (Lipinski definition) is 5. The topological polar surface area (TPSA) is 77.2 Å². The Morgan fingerprint density at radius 2 is 1.77 bits per heavy atom. The van der Waals surface area contributed by atoms with Crippen LogP contribution in [-0.4, -0.2) is 22.7 Å². The molecule has 0 saturated heterocycles. The molecule has 0 aliphatic carbocycles. The smallest absolute Gasteiger partial charge is 0.262 e.